The molecule has 2 aliphatic rings. The van der Waals surface area contributed by atoms with Gasteiger partial charge in [0.25, 0.3) is 17.5 Å². The molecule has 2 heterocycles. The Bertz CT molecular complexity index is 1110. The third-order valence-electron chi connectivity index (χ3n) is 5.46. The zero-order chi connectivity index (χ0) is 23.7. The van der Waals surface area contributed by atoms with Gasteiger partial charge in [-0.25, -0.2) is 4.79 Å². The van der Waals surface area contributed by atoms with Crippen LogP contribution in [0, 0.1) is 16.0 Å². The summed E-state index contributed by atoms with van der Waals surface area (Å²) in [6.07, 6.45) is 0.210. The molecule has 1 atom stereocenters. The van der Waals surface area contributed by atoms with Crippen LogP contribution in [0.2, 0.25) is 0 Å². The predicted octanol–water partition coefficient (Wildman–Crippen LogP) is 3.22. The third kappa shape index (κ3) is 4.29. The number of non-ortho nitro benzene ring substituents is 1. The van der Waals surface area contributed by atoms with E-state index in [1.165, 1.54) is 12.1 Å². The summed E-state index contributed by atoms with van der Waals surface area (Å²) in [5, 5.41) is 11.3. The smallest absolute Gasteiger partial charge is 0.329 e. The first kappa shape index (κ1) is 22.4. The van der Waals surface area contributed by atoms with Crippen molar-refractivity contribution in [2.75, 3.05) is 6.79 Å². The van der Waals surface area contributed by atoms with E-state index in [1.54, 1.807) is 24.3 Å². The number of nitro benzene ring substituents is 1. The molecule has 10 heteroatoms. The SMILES string of the molecule is CC(C)C[C@@H](C(=O)OCc1cc([N+](=O)[O-])cc2c1OCOC2)N1C(=O)c2ccccc2C1=O. The van der Waals surface area contributed by atoms with Gasteiger partial charge in [0, 0.05) is 23.3 Å². The molecular weight excluding hydrogens is 432 g/mol. The Morgan fingerprint density at radius 3 is 2.45 bits per heavy atom. The fourth-order valence-electron chi connectivity index (χ4n) is 3.98. The summed E-state index contributed by atoms with van der Waals surface area (Å²) in [7, 11) is 0. The van der Waals surface area contributed by atoms with Gasteiger partial charge >= 0.3 is 5.97 Å². The zero-order valence-electron chi connectivity index (χ0n) is 18.1. The molecule has 0 unspecified atom stereocenters. The van der Waals surface area contributed by atoms with Crippen molar-refractivity contribution in [1.29, 1.82) is 0 Å². The molecule has 0 fully saturated rings. The van der Waals surface area contributed by atoms with Crippen molar-refractivity contribution < 1.29 is 33.5 Å². The van der Waals surface area contributed by atoms with Crippen LogP contribution in [0.15, 0.2) is 36.4 Å². The summed E-state index contributed by atoms with van der Waals surface area (Å²) in [4.78, 5) is 50.6. The Kier molecular flexibility index (Phi) is 6.10. The average Bonchev–Trinajstić information content (AvgIpc) is 3.05. The van der Waals surface area contributed by atoms with Crippen LogP contribution in [-0.4, -0.2) is 40.4 Å². The van der Waals surface area contributed by atoms with Crippen LogP contribution in [0.3, 0.4) is 0 Å². The van der Waals surface area contributed by atoms with E-state index < -0.39 is 28.7 Å². The van der Waals surface area contributed by atoms with Crippen molar-refractivity contribution in [3.63, 3.8) is 0 Å². The summed E-state index contributed by atoms with van der Waals surface area (Å²) in [5.74, 6) is -1.53. The van der Waals surface area contributed by atoms with Gasteiger partial charge in [-0.1, -0.05) is 26.0 Å². The molecule has 0 saturated heterocycles. The molecule has 2 aliphatic heterocycles. The number of carbonyl (C=O) groups is 3. The van der Waals surface area contributed by atoms with Gasteiger partial charge in [0.1, 0.15) is 18.4 Å². The predicted molar refractivity (Wildman–Crippen MR) is 113 cm³/mol. The summed E-state index contributed by atoms with van der Waals surface area (Å²) < 4.78 is 16.1. The lowest BCUT2D eigenvalue weighted by atomic mass is 10.0. The Labute approximate surface area is 189 Å². The molecule has 2 aromatic rings. The number of amides is 2. The lowest BCUT2D eigenvalue weighted by Gasteiger charge is -2.26. The molecule has 2 amide bonds. The monoisotopic (exact) mass is 454 g/mol. The van der Waals surface area contributed by atoms with Gasteiger partial charge in [0.05, 0.1) is 22.7 Å². The van der Waals surface area contributed by atoms with Crippen molar-refractivity contribution in [2.45, 2.75) is 39.5 Å². The second kappa shape index (κ2) is 8.99. The van der Waals surface area contributed by atoms with Crippen LogP contribution in [0.5, 0.6) is 5.75 Å². The second-order valence-electron chi connectivity index (χ2n) is 8.24. The Morgan fingerprint density at radius 1 is 1.18 bits per heavy atom. The van der Waals surface area contributed by atoms with Gasteiger partial charge in [-0.15, -0.1) is 0 Å². The maximum absolute atomic E-state index is 13.1. The maximum atomic E-state index is 13.1. The number of esters is 1. The van der Waals surface area contributed by atoms with Crippen LogP contribution in [-0.2, 0) is 27.5 Å². The molecule has 0 aromatic heterocycles. The molecule has 0 N–H and O–H groups in total. The van der Waals surface area contributed by atoms with E-state index in [1.807, 2.05) is 13.8 Å². The first-order chi connectivity index (χ1) is 15.8. The number of hydrogen-bond donors (Lipinski definition) is 0. The van der Waals surface area contributed by atoms with Crippen molar-refractivity contribution in [1.82, 2.24) is 4.90 Å². The highest BCUT2D eigenvalue weighted by Crippen LogP contribution is 2.34. The number of carbonyl (C=O) groups excluding carboxylic acids is 3. The minimum atomic E-state index is -1.13. The zero-order valence-corrected chi connectivity index (χ0v) is 18.1. The van der Waals surface area contributed by atoms with Crippen LogP contribution >= 0.6 is 0 Å². The van der Waals surface area contributed by atoms with Crippen LogP contribution in [0.25, 0.3) is 0 Å². The molecule has 0 spiro atoms. The van der Waals surface area contributed by atoms with Crippen molar-refractivity contribution >= 4 is 23.5 Å². The molecule has 0 saturated carbocycles. The van der Waals surface area contributed by atoms with Crippen molar-refractivity contribution in [3.8, 4) is 5.75 Å². The van der Waals surface area contributed by atoms with Crippen LogP contribution in [0.4, 0.5) is 5.69 Å². The first-order valence-corrected chi connectivity index (χ1v) is 10.4. The van der Waals surface area contributed by atoms with E-state index in [4.69, 9.17) is 14.2 Å². The fourth-order valence-corrected chi connectivity index (χ4v) is 3.98. The lowest BCUT2D eigenvalue weighted by Crippen LogP contribution is -2.46. The normalized spacial score (nSPS) is 15.7. The van der Waals surface area contributed by atoms with Gasteiger partial charge in [-0.05, 0) is 24.5 Å². The van der Waals surface area contributed by atoms with Crippen molar-refractivity contribution in [3.05, 3.63) is 68.8 Å². The number of benzene rings is 2. The minimum Gasteiger partial charge on any atom is -0.467 e. The van der Waals surface area contributed by atoms with Gasteiger partial charge in [-0.2, -0.15) is 0 Å². The lowest BCUT2D eigenvalue weighted by molar-refractivity contribution is -0.385. The number of nitro groups is 1. The summed E-state index contributed by atoms with van der Waals surface area (Å²) in [6, 6.07) is 7.88. The third-order valence-corrected chi connectivity index (χ3v) is 5.46. The van der Waals surface area contributed by atoms with Gasteiger partial charge in [-0.3, -0.25) is 24.6 Å². The highest BCUT2D eigenvalue weighted by molar-refractivity contribution is 6.22. The van der Waals surface area contributed by atoms with Crippen LogP contribution in [0.1, 0.15) is 52.1 Å². The number of ether oxygens (including phenoxy) is 3. The molecule has 0 radical (unpaired) electrons. The van der Waals surface area contributed by atoms with E-state index in [0.29, 0.717) is 16.9 Å². The molecule has 0 aliphatic carbocycles. The quantitative estimate of drug-likeness (QED) is 0.270. The maximum Gasteiger partial charge on any atom is 0.329 e. The van der Waals surface area contributed by atoms with Crippen molar-refractivity contribution in [2.24, 2.45) is 5.92 Å². The molecule has 0 bridgehead atoms. The highest BCUT2D eigenvalue weighted by atomic mass is 16.7. The Morgan fingerprint density at radius 2 is 1.85 bits per heavy atom. The Balaban J connectivity index is 1.59. The topological polar surface area (TPSA) is 125 Å². The van der Waals surface area contributed by atoms with E-state index in [-0.39, 0.29) is 49.2 Å². The largest absolute Gasteiger partial charge is 0.467 e. The van der Waals surface area contributed by atoms with Gasteiger partial charge in [0.15, 0.2) is 6.79 Å². The van der Waals surface area contributed by atoms with Gasteiger partial charge < -0.3 is 14.2 Å². The molecular formula is C23H22N2O8. The molecule has 10 nitrogen and oxygen atoms in total. The minimum absolute atomic E-state index is 0.0158. The first-order valence-electron chi connectivity index (χ1n) is 10.4. The number of imide groups is 1. The van der Waals surface area contributed by atoms with E-state index >= 15 is 0 Å². The summed E-state index contributed by atoms with van der Waals surface area (Å²) in [5.41, 5.74) is 1.07. The molecule has 2 aromatic carbocycles. The van der Waals surface area contributed by atoms with Gasteiger partial charge in [0.2, 0.25) is 0 Å². The molecule has 33 heavy (non-hydrogen) atoms. The number of hydrogen-bond acceptors (Lipinski definition) is 8. The highest BCUT2D eigenvalue weighted by Gasteiger charge is 2.43. The van der Waals surface area contributed by atoms with E-state index in [0.717, 1.165) is 4.90 Å². The van der Waals surface area contributed by atoms with Crippen LogP contribution < -0.4 is 4.74 Å². The average molecular weight is 454 g/mol. The number of rotatable bonds is 7. The summed E-state index contributed by atoms with van der Waals surface area (Å²) >= 11 is 0. The summed E-state index contributed by atoms with van der Waals surface area (Å²) in [6.45, 7) is 3.51. The standard InChI is InChI=1S/C23H22N2O8/c1-13(2)7-19(24-21(26)17-5-3-4-6-18(17)22(24)27)23(28)32-11-15-9-16(25(29)30)8-14-10-31-12-33-20(14)15/h3-6,8-9,13,19H,7,10-12H2,1-2H3/t19-/m0/s1. The molecule has 4 rings (SSSR count). The number of nitrogens with zero attached hydrogens (tertiary/aromatic N) is 2. The molecule has 172 valence electrons. The van der Waals surface area contributed by atoms with E-state index in [2.05, 4.69) is 0 Å². The Hall–Kier alpha value is -3.79. The number of fused-ring (bicyclic) bond motifs is 2. The fraction of sp³-hybridized carbons (Fsp3) is 0.348. The second-order valence-corrected chi connectivity index (χ2v) is 8.24. The van der Waals surface area contributed by atoms with E-state index in [9.17, 15) is 24.5 Å².